The Labute approximate surface area is 113 Å². The lowest BCUT2D eigenvalue weighted by atomic mass is 10.1. The average molecular weight is 291 g/mol. The first-order valence-electron chi connectivity index (χ1n) is 6.42. The zero-order valence-electron chi connectivity index (χ0n) is 11.3. The summed E-state index contributed by atoms with van der Waals surface area (Å²) in [5.74, 6) is -1.71. The van der Waals surface area contributed by atoms with Crippen molar-refractivity contribution in [2.24, 2.45) is 11.8 Å². The van der Waals surface area contributed by atoms with Gasteiger partial charge < -0.3 is 10.0 Å². The van der Waals surface area contributed by atoms with E-state index < -0.39 is 21.7 Å². The number of carboxylic acids is 1. The molecule has 6 nitrogen and oxygen atoms in total. The maximum atomic E-state index is 11.8. The van der Waals surface area contributed by atoms with Crippen LogP contribution in [0, 0.1) is 11.8 Å². The zero-order chi connectivity index (χ0) is 14.6. The Hall–Kier alpha value is -1.11. The van der Waals surface area contributed by atoms with Gasteiger partial charge in [-0.3, -0.25) is 9.59 Å². The van der Waals surface area contributed by atoms with E-state index >= 15 is 0 Å². The van der Waals surface area contributed by atoms with Gasteiger partial charge in [-0.25, -0.2) is 8.42 Å². The van der Waals surface area contributed by atoms with Crippen LogP contribution in [0.3, 0.4) is 0 Å². The van der Waals surface area contributed by atoms with Gasteiger partial charge in [-0.15, -0.1) is 0 Å². The minimum absolute atomic E-state index is 0.0447. The predicted octanol–water partition coefficient (Wildman–Crippen LogP) is 0.380. The van der Waals surface area contributed by atoms with Crippen LogP contribution >= 0.6 is 0 Å². The number of nitrogens with zero attached hydrogens (tertiary/aromatic N) is 1. The molecule has 1 N–H and O–H groups in total. The summed E-state index contributed by atoms with van der Waals surface area (Å²) in [6, 6.07) is 0. The number of hydrogen-bond donors (Lipinski definition) is 1. The molecule has 1 aliphatic heterocycles. The number of carboxylic acid groups (broad SMARTS) is 1. The summed E-state index contributed by atoms with van der Waals surface area (Å²) in [4.78, 5) is 24.0. The highest BCUT2D eigenvalue weighted by Gasteiger charge is 2.31. The molecule has 0 aromatic rings. The normalized spacial score (nSPS) is 19.9. The summed E-state index contributed by atoms with van der Waals surface area (Å²) >= 11 is 0. The van der Waals surface area contributed by atoms with Crippen molar-refractivity contribution in [3.05, 3.63) is 0 Å². The molecule has 0 bridgehead atoms. The molecule has 1 rings (SSSR count). The van der Waals surface area contributed by atoms with Crippen molar-refractivity contribution in [2.75, 3.05) is 24.6 Å². The Morgan fingerprint density at radius 1 is 1.37 bits per heavy atom. The van der Waals surface area contributed by atoms with E-state index in [2.05, 4.69) is 0 Å². The Morgan fingerprint density at radius 2 is 2.00 bits per heavy atom. The number of rotatable bonds is 6. The zero-order valence-corrected chi connectivity index (χ0v) is 12.1. The first kappa shape index (κ1) is 15.9. The van der Waals surface area contributed by atoms with E-state index in [4.69, 9.17) is 5.11 Å². The second kappa shape index (κ2) is 6.36. The van der Waals surface area contributed by atoms with Crippen LogP contribution in [0.5, 0.6) is 0 Å². The molecule has 110 valence electrons. The van der Waals surface area contributed by atoms with Gasteiger partial charge >= 0.3 is 5.97 Å². The maximum Gasteiger partial charge on any atom is 0.308 e. The Morgan fingerprint density at radius 3 is 2.47 bits per heavy atom. The molecule has 1 amide bonds. The van der Waals surface area contributed by atoms with Crippen LogP contribution in [0.2, 0.25) is 0 Å². The highest BCUT2D eigenvalue weighted by atomic mass is 32.2. The molecular weight excluding hydrogens is 270 g/mol. The average Bonchev–Trinajstić information content (AvgIpc) is 2.73. The van der Waals surface area contributed by atoms with Crippen LogP contribution in [-0.4, -0.2) is 54.9 Å². The SMILES string of the molecule is CC(C)CS(=O)(=O)CCC(=O)N1CC[C@@H](C(=O)O)C1. The number of carbonyl (C=O) groups is 2. The van der Waals surface area contributed by atoms with E-state index in [1.54, 1.807) is 0 Å². The van der Waals surface area contributed by atoms with Crippen LogP contribution in [0.1, 0.15) is 26.7 Å². The van der Waals surface area contributed by atoms with Gasteiger partial charge in [0.2, 0.25) is 5.91 Å². The molecule has 0 unspecified atom stereocenters. The third kappa shape index (κ3) is 5.18. The first-order valence-corrected chi connectivity index (χ1v) is 8.24. The molecule has 0 aromatic heterocycles. The molecule has 0 aliphatic carbocycles. The molecule has 19 heavy (non-hydrogen) atoms. The van der Waals surface area contributed by atoms with Crippen LogP contribution in [0.4, 0.5) is 0 Å². The van der Waals surface area contributed by atoms with Crippen molar-refractivity contribution in [3.63, 3.8) is 0 Å². The summed E-state index contributed by atoms with van der Waals surface area (Å²) in [5, 5.41) is 8.84. The Kier molecular flexibility index (Phi) is 5.34. The summed E-state index contributed by atoms with van der Waals surface area (Å²) in [5.41, 5.74) is 0. The minimum atomic E-state index is -3.20. The number of carbonyl (C=O) groups excluding carboxylic acids is 1. The monoisotopic (exact) mass is 291 g/mol. The molecule has 0 spiro atoms. The summed E-state index contributed by atoms with van der Waals surface area (Å²) in [6.07, 6.45) is 0.390. The Balaban J connectivity index is 2.43. The number of sulfone groups is 1. The molecule has 1 aliphatic rings. The molecule has 1 fully saturated rings. The predicted molar refractivity (Wildman–Crippen MR) is 70.4 cm³/mol. The first-order chi connectivity index (χ1) is 8.71. The van der Waals surface area contributed by atoms with E-state index in [0.29, 0.717) is 13.0 Å². The van der Waals surface area contributed by atoms with Crippen LogP contribution < -0.4 is 0 Å². The van der Waals surface area contributed by atoms with Crippen LogP contribution in [-0.2, 0) is 19.4 Å². The number of hydrogen-bond acceptors (Lipinski definition) is 4. The fraction of sp³-hybridized carbons (Fsp3) is 0.833. The van der Waals surface area contributed by atoms with E-state index in [1.807, 2.05) is 13.8 Å². The van der Waals surface area contributed by atoms with Gasteiger partial charge in [-0.2, -0.15) is 0 Å². The third-order valence-corrected chi connectivity index (χ3v) is 5.11. The third-order valence-electron chi connectivity index (χ3n) is 3.10. The van der Waals surface area contributed by atoms with Gasteiger partial charge in [0.15, 0.2) is 9.84 Å². The number of likely N-dealkylation sites (tertiary alicyclic amines) is 1. The molecule has 7 heteroatoms. The molecule has 1 atom stereocenters. The van der Waals surface area contributed by atoms with E-state index in [9.17, 15) is 18.0 Å². The van der Waals surface area contributed by atoms with Crippen LogP contribution in [0.15, 0.2) is 0 Å². The van der Waals surface area contributed by atoms with Crippen molar-refractivity contribution < 1.29 is 23.1 Å². The smallest absolute Gasteiger partial charge is 0.308 e. The lowest BCUT2D eigenvalue weighted by Crippen LogP contribution is -2.31. The fourth-order valence-corrected chi connectivity index (χ4v) is 3.85. The van der Waals surface area contributed by atoms with Gasteiger partial charge in [0.1, 0.15) is 0 Å². The van der Waals surface area contributed by atoms with Gasteiger partial charge in [0.25, 0.3) is 0 Å². The maximum absolute atomic E-state index is 11.8. The number of aliphatic carboxylic acids is 1. The van der Waals surface area contributed by atoms with Crippen molar-refractivity contribution >= 4 is 21.7 Å². The molecule has 1 heterocycles. The second-order valence-corrected chi connectivity index (χ2v) is 7.65. The fourth-order valence-electron chi connectivity index (χ4n) is 2.18. The minimum Gasteiger partial charge on any atom is -0.481 e. The highest BCUT2D eigenvalue weighted by Crippen LogP contribution is 2.17. The van der Waals surface area contributed by atoms with Gasteiger partial charge in [-0.1, -0.05) is 13.8 Å². The molecule has 0 aromatic carbocycles. The van der Waals surface area contributed by atoms with Gasteiger partial charge in [0, 0.05) is 19.5 Å². The van der Waals surface area contributed by atoms with E-state index in [0.717, 1.165) is 0 Å². The summed E-state index contributed by atoms with van der Waals surface area (Å²) < 4.78 is 23.3. The number of amides is 1. The van der Waals surface area contributed by atoms with E-state index in [-0.39, 0.29) is 36.3 Å². The lowest BCUT2D eigenvalue weighted by Gasteiger charge is -2.16. The second-order valence-electron chi connectivity index (χ2n) is 5.42. The van der Waals surface area contributed by atoms with E-state index in [1.165, 1.54) is 4.90 Å². The quantitative estimate of drug-likeness (QED) is 0.764. The van der Waals surface area contributed by atoms with Crippen molar-refractivity contribution in [3.8, 4) is 0 Å². The van der Waals surface area contributed by atoms with Gasteiger partial charge in [0.05, 0.1) is 17.4 Å². The lowest BCUT2D eigenvalue weighted by molar-refractivity contribution is -0.141. The molecular formula is C12H21NO5S. The Bertz CT molecular complexity index is 443. The van der Waals surface area contributed by atoms with Crippen molar-refractivity contribution in [2.45, 2.75) is 26.7 Å². The summed E-state index contributed by atoms with van der Waals surface area (Å²) in [7, 11) is -3.20. The largest absolute Gasteiger partial charge is 0.481 e. The topological polar surface area (TPSA) is 91.8 Å². The van der Waals surface area contributed by atoms with Crippen molar-refractivity contribution in [1.82, 2.24) is 4.90 Å². The van der Waals surface area contributed by atoms with Crippen LogP contribution in [0.25, 0.3) is 0 Å². The standard InChI is InChI=1S/C12H21NO5S/c1-9(2)8-19(17,18)6-4-11(14)13-5-3-10(7-13)12(15)16/h9-10H,3-8H2,1-2H3,(H,15,16)/t10-/m1/s1. The molecule has 0 saturated carbocycles. The summed E-state index contributed by atoms with van der Waals surface area (Å²) in [6.45, 7) is 4.23. The highest BCUT2D eigenvalue weighted by molar-refractivity contribution is 7.91. The van der Waals surface area contributed by atoms with Crippen molar-refractivity contribution in [1.29, 1.82) is 0 Å². The van der Waals surface area contributed by atoms with Gasteiger partial charge in [-0.05, 0) is 12.3 Å². The molecule has 1 saturated heterocycles. The molecule has 0 radical (unpaired) electrons.